The molecule has 2 aromatic heterocycles. The number of nitrogens with one attached hydrogen (secondary N) is 2. The third-order valence-corrected chi connectivity index (χ3v) is 4.52. The molecule has 0 aliphatic rings. The first kappa shape index (κ1) is 19.4. The molecule has 1 atom stereocenters. The molecule has 138 valence electrons. The minimum atomic E-state index is 0.0195. The van der Waals surface area contributed by atoms with Gasteiger partial charge in [0.1, 0.15) is 5.82 Å². The second-order valence-corrected chi connectivity index (χ2v) is 6.77. The van der Waals surface area contributed by atoms with Crippen molar-refractivity contribution in [1.29, 1.82) is 0 Å². The van der Waals surface area contributed by atoms with E-state index in [1.807, 2.05) is 12.3 Å². The third kappa shape index (κ3) is 5.54. The summed E-state index contributed by atoms with van der Waals surface area (Å²) in [6.07, 6.45) is 7.42. The summed E-state index contributed by atoms with van der Waals surface area (Å²) in [4.78, 5) is 22.1. The standard InChI is InChI=1S/C19H31N5O/c1-4-17(24(2)3)16-11-14-13-21-18(12-15(14)22-16)23-19(25)9-7-5-6-8-10-20/h11-13,17,22H,4-10,20H2,1-3H3,(H,21,23,25). The zero-order valence-corrected chi connectivity index (χ0v) is 15.6. The Kier molecular flexibility index (Phi) is 7.40. The fourth-order valence-corrected chi connectivity index (χ4v) is 3.15. The molecule has 0 spiro atoms. The van der Waals surface area contributed by atoms with E-state index in [-0.39, 0.29) is 5.91 Å². The van der Waals surface area contributed by atoms with E-state index in [2.05, 4.69) is 47.3 Å². The van der Waals surface area contributed by atoms with Gasteiger partial charge in [-0.1, -0.05) is 19.8 Å². The molecule has 0 radical (unpaired) electrons. The fraction of sp³-hybridized carbons (Fsp3) is 0.579. The number of carbonyl (C=O) groups is 1. The summed E-state index contributed by atoms with van der Waals surface area (Å²) >= 11 is 0. The number of hydrogen-bond acceptors (Lipinski definition) is 4. The van der Waals surface area contributed by atoms with Crippen molar-refractivity contribution >= 4 is 22.6 Å². The normalized spacial score (nSPS) is 12.7. The van der Waals surface area contributed by atoms with Gasteiger partial charge in [-0.25, -0.2) is 4.98 Å². The van der Waals surface area contributed by atoms with Crippen LogP contribution >= 0.6 is 0 Å². The first-order valence-electron chi connectivity index (χ1n) is 9.20. The number of nitrogens with zero attached hydrogens (tertiary/aromatic N) is 2. The lowest BCUT2D eigenvalue weighted by Crippen LogP contribution is -2.19. The quantitative estimate of drug-likeness (QED) is 0.576. The van der Waals surface area contributed by atoms with Crippen molar-refractivity contribution in [3.8, 4) is 0 Å². The minimum absolute atomic E-state index is 0.0195. The Morgan fingerprint density at radius 2 is 2.04 bits per heavy atom. The average molecular weight is 345 g/mol. The molecule has 0 aliphatic heterocycles. The molecular formula is C19H31N5O. The number of amides is 1. The van der Waals surface area contributed by atoms with Gasteiger partial charge in [-0.3, -0.25) is 4.79 Å². The van der Waals surface area contributed by atoms with Gasteiger partial charge in [0.05, 0.1) is 5.52 Å². The summed E-state index contributed by atoms with van der Waals surface area (Å²) in [5.74, 6) is 0.622. The molecule has 0 aromatic carbocycles. The van der Waals surface area contributed by atoms with E-state index in [1.54, 1.807) is 0 Å². The highest BCUT2D eigenvalue weighted by atomic mass is 16.1. The maximum atomic E-state index is 12.0. The van der Waals surface area contributed by atoms with E-state index in [1.165, 1.54) is 5.69 Å². The number of carbonyl (C=O) groups excluding carboxylic acids is 1. The molecule has 0 bridgehead atoms. The van der Waals surface area contributed by atoms with Gasteiger partial charge in [-0.05, 0) is 46.0 Å². The average Bonchev–Trinajstić information content (AvgIpc) is 2.97. The molecule has 25 heavy (non-hydrogen) atoms. The largest absolute Gasteiger partial charge is 0.357 e. The van der Waals surface area contributed by atoms with Gasteiger partial charge < -0.3 is 20.9 Å². The maximum absolute atomic E-state index is 12.0. The van der Waals surface area contributed by atoms with Crippen LogP contribution in [0.15, 0.2) is 18.3 Å². The van der Waals surface area contributed by atoms with Crippen molar-refractivity contribution in [3.63, 3.8) is 0 Å². The molecule has 2 heterocycles. The van der Waals surface area contributed by atoms with Crippen molar-refractivity contribution in [2.75, 3.05) is 26.0 Å². The highest BCUT2D eigenvalue weighted by Gasteiger charge is 2.15. The van der Waals surface area contributed by atoms with Crippen LogP contribution in [0.1, 0.15) is 57.2 Å². The van der Waals surface area contributed by atoms with Crippen LogP contribution in [0.4, 0.5) is 5.82 Å². The Bertz CT molecular complexity index is 680. The number of rotatable bonds is 10. The summed E-state index contributed by atoms with van der Waals surface area (Å²) in [6.45, 7) is 2.90. The molecule has 6 heteroatoms. The number of unbranched alkanes of at least 4 members (excludes halogenated alkanes) is 3. The zero-order chi connectivity index (χ0) is 18.2. The van der Waals surface area contributed by atoms with Gasteiger partial charge in [0, 0.05) is 35.8 Å². The van der Waals surface area contributed by atoms with Crippen LogP contribution in [-0.4, -0.2) is 41.4 Å². The Balaban J connectivity index is 1.97. The highest BCUT2D eigenvalue weighted by molar-refractivity contribution is 5.92. The molecule has 1 unspecified atom stereocenters. The Morgan fingerprint density at radius 3 is 2.72 bits per heavy atom. The number of fused-ring (bicyclic) bond motifs is 1. The molecule has 0 saturated carbocycles. The van der Waals surface area contributed by atoms with E-state index < -0.39 is 0 Å². The van der Waals surface area contributed by atoms with Gasteiger partial charge in [-0.15, -0.1) is 0 Å². The number of hydrogen-bond donors (Lipinski definition) is 3. The van der Waals surface area contributed by atoms with Crippen molar-refractivity contribution in [1.82, 2.24) is 14.9 Å². The summed E-state index contributed by atoms with van der Waals surface area (Å²) in [5, 5.41) is 3.96. The number of nitrogens with two attached hydrogens (primary N) is 1. The molecule has 1 amide bonds. The van der Waals surface area contributed by atoms with E-state index >= 15 is 0 Å². The van der Waals surface area contributed by atoms with E-state index in [9.17, 15) is 4.79 Å². The van der Waals surface area contributed by atoms with Gasteiger partial charge in [0.25, 0.3) is 0 Å². The molecular weight excluding hydrogens is 314 g/mol. The molecule has 2 rings (SSSR count). The summed E-state index contributed by atoms with van der Waals surface area (Å²) in [6, 6.07) is 4.39. The molecule has 6 nitrogen and oxygen atoms in total. The number of H-pyrrole nitrogens is 1. The van der Waals surface area contributed by atoms with Crippen LogP contribution < -0.4 is 11.1 Å². The minimum Gasteiger partial charge on any atom is -0.357 e. The lowest BCUT2D eigenvalue weighted by molar-refractivity contribution is -0.116. The topological polar surface area (TPSA) is 87.0 Å². The Morgan fingerprint density at radius 1 is 1.28 bits per heavy atom. The van der Waals surface area contributed by atoms with Gasteiger partial charge >= 0.3 is 0 Å². The monoisotopic (exact) mass is 345 g/mol. The van der Waals surface area contributed by atoms with Crippen LogP contribution in [0.2, 0.25) is 0 Å². The van der Waals surface area contributed by atoms with E-state index in [0.29, 0.717) is 18.3 Å². The lowest BCUT2D eigenvalue weighted by atomic mass is 10.1. The van der Waals surface area contributed by atoms with Crippen LogP contribution in [0.3, 0.4) is 0 Å². The number of anilines is 1. The second kappa shape index (κ2) is 9.53. The van der Waals surface area contributed by atoms with Gasteiger partial charge in [0.2, 0.25) is 5.91 Å². The van der Waals surface area contributed by atoms with Gasteiger partial charge in [0.15, 0.2) is 0 Å². The Labute approximate surface area is 150 Å². The first-order chi connectivity index (χ1) is 12.0. The summed E-state index contributed by atoms with van der Waals surface area (Å²) in [5.41, 5.74) is 7.65. The molecule has 2 aromatic rings. The number of aromatic nitrogens is 2. The van der Waals surface area contributed by atoms with Crippen LogP contribution in [0, 0.1) is 0 Å². The summed E-state index contributed by atoms with van der Waals surface area (Å²) < 4.78 is 0. The van der Waals surface area contributed by atoms with E-state index in [4.69, 9.17) is 5.73 Å². The third-order valence-electron chi connectivity index (χ3n) is 4.52. The zero-order valence-electron chi connectivity index (χ0n) is 15.6. The molecule has 0 saturated heterocycles. The highest BCUT2D eigenvalue weighted by Crippen LogP contribution is 2.26. The van der Waals surface area contributed by atoms with Crippen molar-refractivity contribution in [3.05, 3.63) is 24.0 Å². The van der Waals surface area contributed by atoms with Crippen LogP contribution in [0.5, 0.6) is 0 Å². The molecule has 0 aliphatic carbocycles. The van der Waals surface area contributed by atoms with Crippen molar-refractivity contribution < 1.29 is 4.79 Å². The smallest absolute Gasteiger partial charge is 0.225 e. The Hall–Kier alpha value is -1.92. The maximum Gasteiger partial charge on any atom is 0.225 e. The van der Waals surface area contributed by atoms with E-state index in [0.717, 1.165) is 49.6 Å². The van der Waals surface area contributed by atoms with Crippen molar-refractivity contribution in [2.24, 2.45) is 5.73 Å². The lowest BCUT2D eigenvalue weighted by Gasteiger charge is -2.21. The number of pyridine rings is 1. The fourth-order valence-electron chi connectivity index (χ4n) is 3.15. The van der Waals surface area contributed by atoms with Crippen LogP contribution in [0.25, 0.3) is 10.9 Å². The predicted octanol–water partition coefficient (Wildman–Crippen LogP) is 3.42. The predicted molar refractivity (Wildman–Crippen MR) is 104 cm³/mol. The second-order valence-electron chi connectivity index (χ2n) is 6.77. The van der Waals surface area contributed by atoms with Crippen molar-refractivity contribution in [2.45, 2.75) is 51.5 Å². The van der Waals surface area contributed by atoms with Gasteiger partial charge in [-0.2, -0.15) is 0 Å². The SMILES string of the molecule is CCC(c1cc2cnc(NC(=O)CCCCCCN)cc2[nH]1)N(C)C. The first-order valence-corrected chi connectivity index (χ1v) is 9.20. The molecule has 4 N–H and O–H groups in total. The molecule has 0 fully saturated rings. The number of aromatic amines is 1. The van der Waals surface area contributed by atoms with Crippen LogP contribution in [-0.2, 0) is 4.79 Å². The summed E-state index contributed by atoms with van der Waals surface area (Å²) in [7, 11) is 4.16.